The maximum Gasteiger partial charge on any atom is 0 e. The average Bonchev–Trinajstić information content (AvgIpc) is 0. The van der Waals surface area contributed by atoms with E-state index in [9.17, 15) is 0 Å². The zero-order valence-corrected chi connectivity index (χ0v) is 4.33. The van der Waals surface area contributed by atoms with Gasteiger partial charge in [0.2, 0.25) is 0 Å². The predicted octanol–water partition coefficient (Wildman–Crippen LogP) is 0.319. The fourth-order valence-electron chi connectivity index (χ4n) is 0. The Morgan fingerprint density at radius 1 is 0.500 bits per heavy atom. The van der Waals surface area contributed by atoms with Crippen LogP contribution in [0.5, 0.6) is 0 Å². The van der Waals surface area contributed by atoms with Gasteiger partial charge in [-0.15, -0.1) is 0 Å². The molecule has 0 saturated carbocycles. The molecule has 0 aliphatic rings. The van der Waals surface area contributed by atoms with Crippen molar-refractivity contribution in [2.24, 2.45) is 0 Å². The van der Waals surface area contributed by atoms with Gasteiger partial charge in [0.25, 0.3) is 0 Å². The van der Waals surface area contributed by atoms with Crippen LogP contribution in [0.3, 0.4) is 0 Å². The van der Waals surface area contributed by atoms with Crippen molar-refractivity contribution in [2.45, 2.75) is 0 Å². The van der Waals surface area contributed by atoms with Gasteiger partial charge in [-0.1, -0.05) is 0 Å². The van der Waals surface area contributed by atoms with Gasteiger partial charge < -0.3 is 12.3 Å². The van der Waals surface area contributed by atoms with Gasteiger partial charge in [-0.05, 0) is 0 Å². The van der Waals surface area contributed by atoms with Crippen molar-refractivity contribution in [1.82, 2.24) is 12.3 Å². The van der Waals surface area contributed by atoms with Crippen LogP contribution in [0.2, 0.25) is 0 Å². The van der Waals surface area contributed by atoms with Crippen LogP contribution in [0.15, 0.2) is 0 Å². The first kappa shape index (κ1) is 84.5. The van der Waals surface area contributed by atoms with Crippen molar-refractivity contribution in [3.63, 3.8) is 0 Å². The van der Waals surface area contributed by atoms with E-state index in [1.807, 2.05) is 0 Å². The Morgan fingerprint density at radius 2 is 0.500 bits per heavy atom. The molecule has 0 bridgehead atoms. The normalized spacial score (nSPS) is 0. The van der Waals surface area contributed by atoms with E-state index in [2.05, 4.69) is 0 Å². The van der Waals surface area contributed by atoms with Gasteiger partial charge in [0, 0.05) is 34.1 Å². The Balaban J connectivity index is 0. The quantitative estimate of drug-likeness (QED) is 0.482. The Labute approximate surface area is 46.8 Å². The molecule has 0 spiro atoms. The smallest absolute Gasteiger partial charge is 0 e. The van der Waals surface area contributed by atoms with Crippen LogP contribution in [0.1, 0.15) is 0 Å². The third-order valence-corrected chi connectivity index (χ3v) is 0. The average molecular weight is 146 g/mol. The summed E-state index contributed by atoms with van der Waals surface area (Å²) >= 11 is 0. The molecule has 0 rings (SSSR count). The SMILES string of the molecule is N.N.[Fe].[Fe]. The summed E-state index contributed by atoms with van der Waals surface area (Å²) in [6, 6.07) is 0. The summed E-state index contributed by atoms with van der Waals surface area (Å²) in [5, 5.41) is 0. The summed E-state index contributed by atoms with van der Waals surface area (Å²) in [4.78, 5) is 0. The molecule has 6 N–H and O–H groups in total. The summed E-state index contributed by atoms with van der Waals surface area (Å²) < 4.78 is 0. The van der Waals surface area contributed by atoms with Crippen LogP contribution in [0, 0.1) is 0 Å². The first-order valence-electron chi connectivity index (χ1n) is 0. The van der Waals surface area contributed by atoms with Crippen molar-refractivity contribution in [2.75, 3.05) is 0 Å². The molecule has 0 heterocycles. The Morgan fingerprint density at radius 3 is 0.500 bits per heavy atom. The molecule has 0 saturated heterocycles. The van der Waals surface area contributed by atoms with Gasteiger partial charge in [0.05, 0.1) is 0 Å². The topological polar surface area (TPSA) is 70.0 Å². The maximum atomic E-state index is 0. The van der Waals surface area contributed by atoms with Gasteiger partial charge in [0.15, 0.2) is 0 Å². The van der Waals surface area contributed by atoms with Gasteiger partial charge >= 0.3 is 0 Å². The van der Waals surface area contributed by atoms with Crippen molar-refractivity contribution in [3.8, 4) is 0 Å². The van der Waals surface area contributed by atoms with Crippen molar-refractivity contribution in [1.29, 1.82) is 0 Å². The van der Waals surface area contributed by atoms with E-state index in [0.717, 1.165) is 0 Å². The first-order valence-corrected chi connectivity index (χ1v) is 0. The summed E-state index contributed by atoms with van der Waals surface area (Å²) in [6.45, 7) is 0. The maximum absolute atomic E-state index is 0. The first-order chi connectivity index (χ1) is 0. The second kappa shape index (κ2) is 37.7. The third-order valence-electron chi connectivity index (χ3n) is 0. The molecule has 32 valence electrons. The van der Waals surface area contributed by atoms with Crippen LogP contribution >= 0.6 is 0 Å². The van der Waals surface area contributed by atoms with Gasteiger partial charge in [-0.2, -0.15) is 0 Å². The molecule has 0 amide bonds. The molecule has 4 heteroatoms. The molecular formula is H6Fe2N2. The van der Waals surface area contributed by atoms with Crippen LogP contribution in [0.4, 0.5) is 0 Å². The van der Waals surface area contributed by atoms with Crippen LogP contribution in [-0.2, 0) is 34.1 Å². The van der Waals surface area contributed by atoms with Crippen molar-refractivity contribution < 1.29 is 34.1 Å². The van der Waals surface area contributed by atoms with Crippen LogP contribution < -0.4 is 12.3 Å². The van der Waals surface area contributed by atoms with Crippen molar-refractivity contribution in [3.05, 3.63) is 0 Å². The largest absolute Gasteiger partial charge is 0.344 e. The zero-order valence-electron chi connectivity index (χ0n) is 2.12. The van der Waals surface area contributed by atoms with E-state index >= 15 is 0 Å². The summed E-state index contributed by atoms with van der Waals surface area (Å²) in [7, 11) is 0. The van der Waals surface area contributed by atoms with E-state index < -0.39 is 0 Å². The zero-order chi connectivity index (χ0) is 0. The molecule has 0 unspecified atom stereocenters. The van der Waals surface area contributed by atoms with Gasteiger partial charge in [0.1, 0.15) is 0 Å². The van der Waals surface area contributed by atoms with E-state index in [1.54, 1.807) is 0 Å². The summed E-state index contributed by atoms with van der Waals surface area (Å²) in [6.07, 6.45) is 0. The monoisotopic (exact) mass is 146 g/mol. The molecule has 2 nitrogen and oxygen atoms in total. The Hall–Kier alpha value is 0.959. The second-order valence-corrected chi connectivity index (χ2v) is 0. The van der Waals surface area contributed by atoms with E-state index in [4.69, 9.17) is 0 Å². The molecule has 4 heavy (non-hydrogen) atoms. The molecule has 0 aliphatic heterocycles. The third kappa shape index (κ3) is 12.3. The van der Waals surface area contributed by atoms with E-state index in [0.29, 0.717) is 0 Å². The minimum atomic E-state index is 0. The molecule has 0 atom stereocenters. The molecule has 0 radical (unpaired) electrons. The van der Waals surface area contributed by atoms with Crippen LogP contribution in [0.25, 0.3) is 0 Å². The van der Waals surface area contributed by atoms with Gasteiger partial charge in [-0.25, -0.2) is 0 Å². The molecule has 0 aromatic heterocycles. The van der Waals surface area contributed by atoms with E-state index in [1.165, 1.54) is 0 Å². The summed E-state index contributed by atoms with van der Waals surface area (Å²) in [5.74, 6) is 0. The Bertz CT molecular complexity index is 4.00. The minimum Gasteiger partial charge on any atom is -0.344 e. The van der Waals surface area contributed by atoms with Crippen molar-refractivity contribution >= 4 is 0 Å². The molecule has 0 aromatic rings. The fourth-order valence-corrected chi connectivity index (χ4v) is 0. The number of hydrogen-bond acceptors (Lipinski definition) is 2. The van der Waals surface area contributed by atoms with E-state index in [-0.39, 0.29) is 46.4 Å². The number of rotatable bonds is 0. The standard InChI is InChI=1S/2Fe.2H3N/h;;2*1H3. The molecular weight excluding hydrogens is 140 g/mol. The molecule has 0 aliphatic carbocycles. The van der Waals surface area contributed by atoms with Gasteiger partial charge in [-0.3, -0.25) is 0 Å². The van der Waals surface area contributed by atoms with Crippen LogP contribution in [-0.4, -0.2) is 0 Å². The Kier molecular flexibility index (Phi) is 796. The number of hydrogen-bond donors (Lipinski definition) is 2. The summed E-state index contributed by atoms with van der Waals surface area (Å²) in [5.41, 5.74) is 0. The fraction of sp³-hybridized carbons (Fsp3) is 0. The molecule has 0 aromatic carbocycles. The predicted molar refractivity (Wildman–Crippen MR) is 10.0 cm³/mol. The molecule has 0 fully saturated rings. The minimum absolute atomic E-state index is 0. The second-order valence-electron chi connectivity index (χ2n) is 0.